The van der Waals surface area contributed by atoms with Crippen LogP contribution in [0.4, 0.5) is 0 Å². The van der Waals surface area contributed by atoms with Crippen molar-refractivity contribution >= 4 is 22.6 Å². The fraction of sp³-hybridized carbons (Fsp3) is 0.333. The zero-order chi connectivity index (χ0) is 25.4. The van der Waals surface area contributed by atoms with Crippen LogP contribution < -0.4 is 5.32 Å². The Labute approximate surface area is 216 Å². The third-order valence-electron chi connectivity index (χ3n) is 7.98. The predicted octanol–water partition coefficient (Wildman–Crippen LogP) is 4.79. The Morgan fingerprint density at radius 3 is 2.59 bits per heavy atom. The number of rotatable bonds is 4. The molecule has 1 saturated heterocycles. The summed E-state index contributed by atoms with van der Waals surface area (Å²) in [6.07, 6.45) is 5.51. The standard InChI is InChI=1S/C30H31N5O2/c1-20-7-8-22-16-24(10-9-21(22)15-20)30(37)34-14-13-23-17-26(12-11-25(23)18-34)31-29(36)28-19-35(33-32-28)27-5-3-2-4-6-27/h2-10,15-16,19,23,25-26H,11-14,17-18H2,1H3,(H,31,36). The summed E-state index contributed by atoms with van der Waals surface area (Å²) in [4.78, 5) is 28.2. The molecule has 3 unspecified atom stereocenters. The van der Waals surface area contributed by atoms with Crippen LogP contribution in [0.1, 0.15) is 52.1 Å². The molecule has 2 fully saturated rings. The maximum Gasteiger partial charge on any atom is 0.273 e. The highest BCUT2D eigenvalue weighted by Crippen LogP contribution is 2.37. The normalized spacial score (nSPS) is 21.4. The van der Waals surface area contributed by atoms with Crippen molar-refractivity contribution < 1.29 is 9.59 Å². The van der Waals surface area contributed by atoms with Crippen molar-refractivity contribution in [2.75, 3.05) is 13.1 Å². The van der Waals surface area contributed by atoms with E-state index < -0.39 is 0 Å². The molecule has 0 radical (unpaired) electrons. The largest absolute Gasteiger partial charge is 0.348 e. The van der Waals surface area contributed by atoms with Crippen molar-refractivity contribution in [3.63, 3.8) is 0 Å². The highest BCUT2D eigenvalue weighted by molar-refractivity contribution is 5.98. The molecule has 4 aromatic rings. The van der Waals surface area contributed by atoms with E-state index in [0.717, 1.165) is 55.4 Å². The molecule has 1 saturated carbocycles. The van der Waals surface area contributed by atoms with Crippen molar-refractivity contribution in [2.45, 2.75) is 38.6 Å². The van der Waals surface area contributed by atoms with E-state index in [4.69, 9.17) is 0 Å². The Bertz CT molecular complexity index is 1450. The van der Waals surface area contributed by atoms with Crippen molar-refractivity contribution in [1.82, 2.24) is 25.2 Å². The number of fused-ring (bicyclic) bond motifs is 2. The van der Waals surface area contributed by atoms with Gasteiger partial charge in [0.2, 0.25) is 0 Å². The number of benzene rings is 3. The first-order valence-corrected chi connectivity index (χ1v) is 13.1. The van der Waals surface area contributed by atoms with Crippen LogP contribution in [0.15, 0.2) is 72.9 Å². The lowest BCUT2D eigenvalue weighted by molar-refractivity contribution is 0.0478. The van der Waals surface area contributed by atoms with Gasteiger partial charge in [0.15, 0.2) is 5.69 Å². The summed E-state index contributed by atoms with van der Waals surface area (Å²) in [5.74, 6) is 0.943. The number of aryl methyl sites for hydroxylation is 1. The molecule has 2 amide bonds. The van der Waals surface area contributed by atoms with E-state index in [0.29, 0.717) is 17.5 Å². The number of amides is 2. The van der Waals surface area contributed by atoms with Crippen LogP contribution in [0.25, 0.3) is 16.5 Å². The van der Waals surface area contributed by atoms with Gasteiger partial charge in [0, 0.05) is 24.7 Å². The van der Waals surface area contributed by atoms with Gasteiger partial charge in [-0.3, -0.25) is 9.59 Å². The molecule has 7 heteroatoms. The van der Waals surface area contributed by atoms with E-state index in [1.807, 2.05) is 47.4 Å². The highest BCUT2D eigenvalue weighted by Gasteiger charge is 2.37. The number of likely N-dealkylation sites (tertiary alicyclic amines) is 1. The van der Waals surface area contributed by atoms with Crippen molar-refractivity contribution in [3.8, 4) is 5.69 Å². The summed E-state index contributed by atoms with van der Waals surface area (Å²) >= 11 is 0. The first kappa shape index (κ1) is 23.4. The molecule has 3 atom stereocenters. The number of nitrogens with zero attached hydrogens (tertiary/aromatic N) is 4. The maximum atomic E-state index is 13.3. The Morgan fingerprint density at radius 1 is 0.919 bits per heavy atom. The second kappa shape index (κ2) is 9.81. The summed E-state index contributed by atoms with van der Waals surface area (Å²) in [5.41, 5.74) is 3.19. The summed E-state index contributed by atoms with van der Waals surface area (Å²) in [6.45, 7) is 3.64. The van der Waals surface area contributed by atoms with Crippen LogP contribution in [-0.2, 0) is 0 Å². The van der Waals surface area contributed by atoms with Crippen LogP contribution in [0.2, 0.25) is 0 Å². The second-order valence-corrected chi connectivity index (χ2v) is 10.5. The molecular formula is C30H31N5O2. The molecule has 1 aromatic heterocycles. The van der Waals surface area contributed by atoms with E-state index in [1.54, 1.807) is 10.9 Å². The van der Waals surface area contributed by atoms with Gasteiger partial charge in [-0.2, -0.15) is 0 Å². The Hall–Kier alpha value is -4.00. The summed E-state index contributed by atoms with van der Waals surface area (Å²) in [5, 5.41) is 13.6. The number of para-hydroxylation sites is 1. The summed E-state index contributed by atoms with van der Waals surface area (Å²) in [7, 11) is 0. The number of aromatic nitrogens is 3. The van der Waals surface area contributed by atoms with Crippen LogP contribution >= 0.6 is 0 Å². The van der Waals surface area contributed by atoms with Crippen LogP contribution in [0.5, 0.6) is 0 Å². The Kier molecular flexibility index (Phi) is 6.20. The van der Waals surface area contributed by atoms with E-state index >= 15 is 0 Å². The Morgan fingerprint density at radius 2 is 1.73 bits per heavy atom. The second-order valence-electron chi connectivity index (χ2n) is 10.5. The van der Waals surface area contributed by atoms with E-state index in [-0.39, 0.29) is 17.9 Å². The molecule has 1 aliphatic carbocycles. The molecule has 1 aliphatic heterocycles. The van der Waals surface area contributed by atoms with Crippen LogP contribution in [0, 0.1) is 18.8 Å². The highest BCUT2D eigenvalue weighted by atomic mass is 16.2. The molecule has 2 heterocycles. The zero-order valence-corrected chi connectivity index (χ0v) is 21.0. The lowest BCUT2D eigenvalue weighted by Crippen LogP contribution is -2.49. The lowest BCUT2D eigenvalue weighted by Gasteiger charge is -2.43. The third-order valence-corrected chi connectivity index (χ3v) is 7.98. The maximum absolute atomic E-state index is 13.3. The predicted molar refractivity (Wildman–Crippen MR) is 143 cm³/mol. The molecule has 188 valence electrons. The van der Waals surface area contributed by atoms with Gasteiger partial charge < -0.3 is 10.2 Å². The monoisotopic (exact) mass is 493 g/mol. The first-order valence-electron chi connectivity index (χ1n) is 13.1. The topological polar surface area (TPSA) is 80.1 Å². The van der Waals surface area contributed by atoms with E-state index in [2.05, 4.69) is 46.8 Å². The number of nitrogens with one attached hydrogen (secondary N) is 1. The van der Waals surface area contributed by atoms with Gasteiger partial charge in [-0.25, -0.2) is 4.68 Å². The summed E-state index contributed by atoms with van der Waals surface area (Å²) in [6, 6.07) is 22.1. The van der Waals surface area contributed by atoms with Crippen molar-refractivity contribution in [3.05, 3.63) is 89.7 Å². The van der Waals surface area contributed by atoms with Gasteiger partial charge in [-0.15, -0.1) is 5.10 Å². The van der Waals surface area contributed by atoms with E-state index in [1.165, 1.54) is 10.9 Å². The quantitative estimate of drug-likeness (QED) is 0.443. The first-order chi connectivity index (χ1) is 18.0. The minimum Gasteiger partial charge on any atom is -0.348 e. The average molecular weight is 494 g/mol. The molecular weight excluding hydrogens is 462 g/mol. The van der Waals surface area contributed by atoms with Crippen LogP contribution in [-0.4, -0.2) is 50.8 Å². The molecule has 3 aromatic carbocycles. The molecule has 2 aliphatic rings. The fourth-order valence-electron chi connectivity index (χ4n) is 5.95. The van der Waals surface area contributed by atoms with Gasteiger partial charge in [0.05, 0.1) is 11.9 Å². The SMILES string of the molecule is Cc1ccc2cc(C(=O)N3CCC4CC(NC(=O)c5cn(-c6ccccc6)nn5)CCC4C3)ccc2c1. The smallest absolute Gasteiger partial charge is 0.273 e. The van der Waals surface area contributed by atoms with E-state index in [9.17, 15) is 9.59 Å². The van der Waals surface area contributed by atoms with Gasteiger partial charge in [0.25, 0.3) is 11.8 Å². The fourth-order valence-corrected chi connectivity index (χ4v) is 5.95. The van der Waals surface area contributed by atoms with Crippen molar-refractivity contribution in [1.29, 1.82) is 0 Å². The van der Waals surface area contributed by atoms with Gasteiger partial charge in [-0.05, 0) is 79.5 Å². The zero-order valence-electron chi connectivity index (χ0n) is 21.0. The third kappa shape index (κ3) is 4.86. The molecule has 1 N–H and O–H groups in total. The molecule has 0 spiro atoms. The number of hydrogen-bond donors (Lipinski definition) is 1. The number of piperidine rings is 1. The number of hydrogen-bond acceptors (Lipinski definition) is 4. The lowest BCUT2D eigenvalue weighted by atomic mass is 9.73. The molecule has 6 rings (SSSR count). The molecule has 0 bridgehead atoms. The number of carbonyl (C=O) groups excluding carboxylic acids is 2. The molecule has 7 nitrogen and oxygen atoms in total. The summed E-state index contributed by atoms with van der Waals surface area (Å²) < 4.78 is 1.62. The van der Waals surface area contributed by atoms with Gasteiger partial charge in [-0.1, -0.05) is 53.2 Å². The Balaban J connectivity index is 1.05. The minimum absolute atomic E-state index is 0.123. The van der Waals surface area contributed by atoms with Gasteiger partial charge in [0.1, 0.15) is 0 Å². The van der Waals surface area contributed by atoms with Crippen LogP contribution in [0.3, 0.4) is 0 Å². The number of carbonyl (C=O) groups is 2. The van der Waals surface area contributed by atoms with Gasteiger partial charge >= 0.3 is 0 Å². The molecule has 37 heavy (non-hydrogen) atoms. The van der Waals surface area contributed by atoms with Crippen molar-refractivity contribution in [2.24, 2.45) is 11.8 Å². The average Bonchev–Trinajstić information content (AvgIpc) is 3.43. The minimum atomic E-state index is -0.176.